The molecule has 316 valence electrons. The number of carbonyl (C=O) groups excluding carboxylic acids is 3. The Morgan fingerprint density at radius 1 is 0.565 bits per heavy atom. The molecule has 0 atom stereocenters. The third kappa shape index (κ3) is 10.8. The van der Waals surface area contributed by atoms with Crippen molar-refractivity contribution in [1.29, 1.82) is 0 Å². The van der Waals surface area contributed by atoms with Crippen LogP contribution < -0.4 is 33.0 Å². The number of aromatic nitrogens is 6. The summed E-state index contributed by atoms with van der Waals surface area (Å²) in [5.74, 6) is -0.640. The zero-order valence-corrected chi connectivity index (χ0v) is 34.3. The average Bonchev–Trinajstić information content (AvgIpc) is 3.27. The number of fused-ring (bicyclic) bond motifs is 9. The monoisotopic (exact) mass is 893 g/mol. The van der Waals surface area contributed by atoms with E-state index in [1.54, 1.807) is 61.8 Å². The van der Waals surface area contributed by atoms with Gasteiger partial charge < -0.3 is 31.3 Å². The van der Waals surface area contributed by atoms with Gasteiger partial charge in [-0.2, -0.15) is 0 Å². The van der Waals surface area contributed by atoms with E-state index in [9.17, 15) is 28.8 Å². The second-order valence-electron chi connectivity index (χ2n) is 13.0. The fourth-order valence-corrected chi connectivity index (χ4v) is 6.22. The van der Waals surface area contributed by atoms with Crippen molar-refractivity contribution in [2.45, 2.75) is 20.8 Å². The number of pyridine rings is 6. The fraction of sp³-hybridized carbons (Fsp3) is 0.114. The third-order valence-electron chi connectivity index (χ3n) is 8.82. The maximum Gasteiger partial charge on any atom is 0.256 e. The molecule has 0 radical (unpaired) electrons. The lowest BCUT2D eigenvalue weighted by Gasteiger charge is -2.06. The zero-order chi connectivity index (χ0) is 43.6. The average molecular weight is 895 g/mol. The number of nitrogens with zero attached hydrogens (tertiary/aromatic N) is 3. The Bertz CT molecular complexity index is 3150. The number of carbonyl (C=O) groups is 3. The second kappa shape index (κ2) is 20.9. The lowest BCUT2D eigenvalue weighted by molar-refractivity contribution is -0.116. The van der Waals surface area contributed by atoms with Crippen molar-refractivity contribution in [2.24, 2.45) is 0 Å². The predicted octanol–water partition coefficient (Wildman–Crippen LogP) is 7.96. The summed E-state index contributed by atoms with van der Waals surface area (Å²) >= 11 is 15.0. The Hall–Kier alpha value is -7.20. The van der Waals surface area contributed by atoms with Crippen molar-refractivity contribution in [3.05, 3.63) is 141 Å². The molecule has 0 aliphatic heterocycles. The van der Waals surface area contributed by atoms with Crippen molar-refractivity contribution < 1.29 is 14.4 Å². The number of H-pyrrole nitrogens is 3. The Balaban J connectivity index is 0.000000166. The van der Waals surface area contributed by atoms with Crippen molar-refractivity contribution >= 4 is 134 Å². The molecular formula is C44H38Cl3N9O6. The molecule has 15 nitrogen and oxygen atoms in total. The first kappa shape index (κ1) is 45.9. The van der Waals surface area contributed by atoms with E-state index in [4.69, 9.17) is 40.5 Å². The smallest absolute Gasteiger partial charge is 0.256 e. The van der Waals surface area contributed by atoms with Gasteiger partial charge in [-0.15, -0.1) is 23.2 Å². The highest BCUT2D eigenvalue weighted by atomic mass is 35.5. The quantitative estimate of drug-likeness (QED) is 0.0553. The van der Waals surface area contributed by atoms with Crippen LogP contribution in [0.5, 0.6) is 0 Å². The van der Waals surface area contributed by atoms with Gasteiger partial charge >= 0.3 is 0 Å². The standard InChI is InChI=1S/C15H13N3O2.C14H10ClN3O2.C12H9N3O.C2H2Cl2O.CH4/c1-2-13(19)17-9-7-12-14(16-8-9)10-5-3-4-6-11(10)15(20)18-12;15-6-12(19)17-8-5-11-13(16-7-8)9-3-1-2-4-10(9)14(20)18-11;13-7-5-10-11(14-6-7)8-3-1-2-4-9(8)12(16)15-10;3-1-2(4)5;/h3-8H,2H2,1H3,(H,17,19)(H,18,20);1-5,7H,6H2,(H,17,19)(H,18,20);1-6H,13H2,(H,15,16);1H2;1H4. The highest BCUT2D eigenvalue weighted by Crippen LogP contribution is 2.23. The number of nitrogens with two attached hydrogens (primary N) is 1. The van der Waals surface area contributed by atoms with Crippen LogP contribution in [0, 0.1) is 0 Å². The molecule has 6 aromatic heterocycles. The number of rotatable bonds is 5. The van der Waals surface area contributed by atoms with Crippen molar-refractivity contribution in [3.8, 4) is 0 Å². The predicted molar refractivity (Wildman–Crippen MR) is 251 cm³/mol. The van der Waals surface area contributed by atoms with E-state index >= 15 is 0 Å². The second-order valence-corrected chi connectivity index (χ2v) is 13.9. The lowest BCUT2D eigenvalue weighted by Crippen LogP contribution is -2.13. The Labute approximate surface area is 366 Å². The van der Waals surface area contributed by atoms with Gasteiger partial charge in [0.05, 0.1) is 74.6 Å². The van der Waals surface area contributed by atoms with E-state index in [1.165, 1.54) is 6.20 Å². The van der Waals surface area contributed by atoms with Crippen LogP contribution in [0.3, 0.4) is 0 Å². The first-order valence-electron chi connectivity index (χ1n) is 18.3. The summed E-state index contributed by atoms with van der Waals surface area (Å²) in [5.41, 5.74) is 10.8. The molecule has 0 saturated heterocycles. The van der Waals surface area contributed by atoms with Gasteiger partial charge in [0.1, 0.15) is 5.88 Å². The van der Waals surface area contributed by atoms with Crippen LogP contribution in [0.1, 0.15) is 20.8 Å². The Kier molecular flexibility index (Phi) is 15.4. The van der Waals surface area contributed by atoms with Crippen LogP contribution >= 0.6 is 34.8 Å². The molecule has 9 aromatic rings. The van der Waals surface area contributed by atoms with Gasteiger partial charge in [-0.25, -0.2) is 0 Å². The first-order valence-corrected chi connectivity index (χ1v) is 19.7. The molecule has 0 unspecified atom stereocenters. The lowest BCUT2D eigenvalue weighted by atomic mass is 10.1. The van der Waals surface area contributed by atoms with Crippen LogP contribution in [-0.4, -0.2) is 58.7 Å². The van der Waals surface area contributed by atoms with Gasteiger partial charge in [0.2, 0.25) is 17.1 Å². The Morgan fingerprint density at radius 2 is 0.903 bits per heavy atom. The molecule has 6 heterocycles. The zero-order valence-electron chi connectivity index (χ0n) is 32.0. The minimum Gasteiger partial charge on any atom is -0.397 e. The minimum absolute atomic E-state index is 0. The van der Waals surface area contributed by atoms with Crippen LogP contribution in [0.4, 0.5) is 17.1 Å². The molecule has 0 saturated carbocycles. The molecule has 18 heteroatoms. The van der Waals surface area contributed by atoms with E-state index < -0.39 is 5.24 Å². The summed E-state index contributed by atoms with van der Waals surface area (Å²) in [5, 5.41) is 9.09. The third-order valence-corrected chi connectivity index (χ3v) is 9.58. The minimum atomic E-state index is -0.508. The molecule has 9 rings (SSSR count). The number of amides is 2. The molecule has 3 aromatic carbocycles. The number of anilines is 3. The Morgan fingerprint density at radius 3 is 1.26 bits per heavy atom. The number of hydrogen-bond acceptors (Lipinski definition) is 10. The van der Waals surface area contributed by atoms with E-state index in [0.29, 0.717) is 61.7 Å². The molecule has 2 amide bonds. The maximum atomic E-state index is 12.0. The van der Waals surface area contributed by atoms with Crippen LogP contribution in [-0.2, 0) is 14.4 Å². The number of benzene rings is 3. The summed E-state index contributed by atoms with van der Waals surface area (Å²) in [7, 11) is 0. The molecule has 0 aliphatic carbocycles. The van der Waals surface area contributed by atoms with Crippen molar-refractivity contribution in [3.63, 3.8) is 0 Å². The number of aromatic amines is 3. The van der Waals surface area contributed by atoms with E-state index in [-0.39, 0.29) is 47.7 Å². The SMILES string of the molecule is C.CCC(=O)Nc1cnc2c(c1)[nH]c(=O)c1ccccc12.Nc1cnc2c(c1)[nH]c(=O)c1ccccc12.O=C(CCl)Nc1cnc2c(c1)[nH]c(=O)c1ccccc12.O=C(Cl)CCl. The van der Waals surface area contributed by atoms with E-state index in [2.05, 4.69) is 40.5 Å². The van der Waals surface area contributed by atoms with Gasteiger partial charge in [0.15, 0.2) is 0 Å². The van der Waals surface area contributed by atoms with Gasteiger partial charge in [-0.3, -0.25) is 43.7 Å². The topological polar surface area (TPSA) is 239 Å². The summed E-state index contributed by atoms with van der Waals surface area (Å²) in [6, 6.07) is 27.1. The van der Waals surface area contributed by atoms with Gasteiger partial charge in [0, 0.05) is 38.7 Å². The highest BCUT2D eigenvalue weighted by molar-refractivity contribution is 6.67. The number of halogens is 3. The number of nitrogen functional groups attached to an aromatic ring is 1. The number of alkyl halides is 2. The molecular weight excluding hydrogens is 857 g/mol. The maximum absolute atomic E-state index is 12.0. The van der Waals surface area contributed by atoms with Crippen LogP contribution in [0.15, 0.2) is 124 Å². The number of nitrogens with one attached hydrogen (secondary N) is 5. The van der Waals surface area contributed by atoms with E-state index in [1.807, 2.05) is 48.5 Å². The molecule has 7 N–H and O–H groups in total. The normalized spacial score (nSPS) is 10.5. The fourth-order valence-electron chi connectivity index (χ4n) is 6.15. The van der Waals surface area contributed by atoms with Crippen LogP contribution in [0.2, 0.25) is 0 Å². The molecule has 0 fully saturated rings. The molecule has 62 heavy (non-hydrogen) atoms. The summed E-state index contributed by atoms with van der Waals surface area (Å²) in [6.45, 7) is 1.78. The number of hydrogen-bond donors (Lipinski definition) is 6. The first-order chi connectivity index (χ1) is 29.4. The molecule has 0 bridgehead atoms. The largest absolute Gasteiger partial charge is 0.397 e. The molecule has 0 aliphatic rings. The van der Waals surface area contributed by atoms with Crippen LogP contribution in [0.25, 0.3) is 65.4 Å². The van der Waals surface area contributed by atoms with Crippen molar-refractivity contribution in [2.75, 3.05) is 28.1 Å². The molecule has 0 spiro atoms. The summed E-state index contributed by atoms with van der Waals surface area (Å²) in [6.07, 6.45) is 5.12. The highest BCUT2D eigenvalue weighted by Gasteiger charge is 2.10. The van der Waals surface area contributed by atoms with Gasteiger partial charge in [-0.05, 0) is 48.0 Å². The van der Waals surface area contributed by atoms with E-state index in [0.717, 1.165) is 27.2 Å². The van der Waals surface area contributed by atoms with Gasteiger partial charge in [-0.1, -0.05) is 68.9 Å². The summed E-state index contributed by atoms with van der Waals surface area (Å²) < 4.78 is 0. The van der Waals surface area contributed by atoms with Crippen molar-refractivity contribution in [1.82, 2.24) is 29.9 Å². The summed E-state index contributed by atoms with van der Waals surface area (Å²) in [4.78, 5) is 89.1. The van der Waals surface area contributed by atoms with Gasteiger partial charge in [0.25, 0.3) is 16.7 Å².